The van der Waals surface area contributed by atoms with Crippen molar-refractivity contribution < 1.29 is 9.90 Å². The third-order valence-electron chi connectivity index (χ3n) is 5.90. The van der Waals surface area contributed by atoms with Gasteiger partial charge in [-0.1, -0.05) is 84.9 Å². The molecule has 0 heterocycles. The Labute approximate surface area is 166 Å². The van der Waals surface area contributed by atoms with Crippen LogP contribution in [0.4, 0.5) is 0 Å². The fourth-order valence-corrected chi connectivity index (χ4v) is 4.43. The minimum atomic E-state index is -0.738. The lowest BCUT2D eigenvalue weighted by molar-refractivity contribution is -0.126. The van der Waals surface area contributed by atoms with Crippen LogP contribution in [0.2, 0.25) is 0 Å². The first kappa shape index (κ1) is 18.5. The summed E-state index contributed by atoms with van der Waals surface area (Å²) in [5.74, 6) is 0.0985. The predicted octanol–water partition coefficient (Wildman–Crippen LogP) is 4.16. The number of amides is 1. The highest BCUT2D eigenvalue weighted by Gasteiger charge is 2.46. The molecule has 0 saturated carbocycles. The van der Waals surface area contributed by atoms with E-state index >= 15 is 0 Å². The number of carbonyl (C=O) groups excluding carboxylic acids is 1. The maximum absolute atomic E-state index is 13.7. The van der Waals surface area contributed by atoms with Gasteiger partial charge in [-0.3, -0.25) is 4.79 Å². The highest BCUT2D eigenvalue weighted by molar-refractivity contribution is 5.93. The normalized spacial score (nSPS) is 21.0. The summed E-state index contributed by atoms with van der Waals surface area (Å²) >= 11 is 0. The number of benzene rings is 3. The average Bonchev–Trinajstić information content (AvgIpc) is 2.78. The minimum absolute atomic E-state index is 0.0198. The maximum Gasteiger partial charge on any atom is 0.235 e. The van der Waals surface area contributed by atoms with E-state index in [2.05, 4.69) is 11.4 Å². The van der Waals surface area contributed by atoms with Crippen LogP contribution in [-0.4, -0.2) is 17.6 Å². The molecule has 0 aliphatic heterocycles. The number of aliphatic hydroxyl groups is 1. The lowest BCUT2D eigenvalue weighted by Crippen LogP contribution is -2.48. The van der Waals surface area contributed by atoms with Crippen LogP contribution in [0.5, 0.6) is 0 Å². The van der Waals surface area contributed by atoms with Gasteiger partial charge in [0.05, 0.1) is 5.41 Å². The molecule has 4 rings (SSSR count). The third kappa shape index (κ3) is 3.23. The summed E-state index contributed by atoms with van der Waals surface area (Å²) in [7, 11) is 0. The van der Waals surface area contributed by atoms with Gasteiger partial charge in [-0.15, -0.1) is 0 Å². The molecule has 2 atom stereocenters. The second kappa shape index (κ2) is 7.99. The fraction of sp³-hybridized carbons (Fsp3) is 0.240. The zero-order valence-corrected chi connectivity index (χ0v) is 15.8. The molecule has 3 nitrogen and oxygen atoms in total. The first-order valence-corrected chi connectivity index (χ1v) is 9.83. The molecule has 0 fully saturated rings. The Morgan fingerprint density at radius 1 is 0.929 bits per heavy atom. The monoisotopic (exact) mass is 371 g/mol. The van der Waals surface area contributed by atoms with Gasteiger partial charge in [0.1, 0.15) is 0 Å². The van der Waals surface area contributed by atoms with E-state index < -0.39 is 5.41 Å². The second-order valence-electron chi connectivity index (χ2n) is 7.45. The molecule has 1 aliphatic carbocycles. The third-order valence-corrected chi connectivity index (χ3v) is 5.90. The molecule has 3 aromatic rings. The largest absolute Gasteiger partial charge is 0.396 e. The van der Waals surface area contributed by atoms with Crippen molar-refractivity contribution in [3.05, 3.63) is 107 Å². The quantitative estimate of drug-likeness (QED) is 0.708. The van der Waals surface area contributed by atoms with Gasteiger partial charge in [-0.05, 0) is 35.1 Å². The average molecular weight is 371 g/mol. The Morgan fingerprint density at radius 3 is 2.29 bits per heavy atom. The molecule has 0 bridgehead atoms. The molecule has 2 N–H and O–H groups in total. The van der Waals surface area contributed by atoms with Crippen molar-refractivity contribution in [3.8, 4) is 0 Å². The van der Waals surface area contributed by atoms with Crippen LogP contribution >= 0.6 is 0 Å². The number of carbonyl (C=O) groups is 1. The van der Waals surface area contributed by atoms with Crippen LogP contribution in [0.25, 0.3) is 0 Å². The Hall–Kier alpha value is -2.91. The molecular formula is C25H25NO2. The van der Waals surface area contributed by atoms with Gasteiger partial charge < -0.3 is 10.4 Å². The van der Waals surface area contributed by atoms with Crippen molar-refractivity contribution in [2.75, 3.05) is 6.61 Å². The summed E-state index contributed by atoms with van der Waals surface area (Å²) in [6, 6.07) is 28.1. The van der Waals surface area contributed by atoms with Gasteiger partial charge in [0.15, 0.2) is 0 Å². The van der Waals surface area contributed by atoms with Crippen molar-refractivity contribution in [1.82, 2.24) is 5.32 Å². The molecule has 0 spiro atoms. The molecule has 142 valence electrons. The van der Waals surface area contributed by atoms with Crippen LogP contribution in [0.1, 0.15) is 41.0 Å². The van der Waals surface area contributed by atoms with Crippen molar-refractivity contribution in [3.63, 3.8) is 0 Å². The van der Waals surface area contributed by atoms with Crippen LogP contribution in [0.15, 0.2) is 84.9 Å². The zero-order chi connectivity index (χ0) is 19.4. The van der Waals surface area contributed by atoms with Crippen molar-refractivity contribution in [2.45, 2.75) is 30.7 Å². The van der Waals surface area contributed by atoms with E-state index in [0.717, 1.165) is 28.7 Å². The van der Waals surface area contributed by atoms with E-state index in [4.69, 9.17) is 0 Å². The van der Waals surface area contributed by atoms with Crippen molar-refractivity contribution in [1.29, 1.82) is 0 Å². The molecule has 1 aliphatic rings. The SMILES string of the molecule is O=C(NCc1ccccc1)C1(c2ccccc2)CCC(CO)c2ccccc21. The Bertz CT molecular complexity index is 939. The second-order valence-corrected chi connectivity index (χ2v) is 7.45. The van der Waals surface area contributed by atoms with Crippen molar-refractivity contribution in [2.24, 2.45) is 0 Å². The summed E-state index contributed by atoms with van der Waals surface area (Å²) < 4.78 is 0. The van der Waals surface area contributed by atoms with Crippen LogP contribution in [-0.2, 0) is 16.8 Å². The highest BCUT2D eigenvalue weighted by Crippen LogP contribution is 2.47. The van der Waals surface area contributed by atoms with Crippen molar-refractivity contribution >= 4 is 5.91 Å². The maximum atomic E-state index is 13.7. The number of fused-ring (bicyclic) bond motifs is 1. The van der Waals surface area contributed by atoms with Crippen LogP contribution in [0, 0.1) is 0 Å². The van der Waals surface area contributed by atoms with Crippen LogP contribution < -0.4 is 5.32 Å². The number of hydrogen-bond acceptors (Lipinski definition) is 2. The highest BCUT2D eigenvalue weighted by atomic mass is 16.3. The lowest BCUT2D eigenvalue weighted by atomic mass is 9.63. The first-order valence-electron chi connectivity index (χ1n) is 9.83. The number of hydrogen-bond donors (Lipinski definition) is 2. The Morgan fingerprint density at radius 2 is 1.57 bits per heavy atom. The molecule has 0 aromatic heterocycles. The number of nitrogens with one attached hydrogen (secondary N) is 1. The first-order chi connectivity index (χ1) is 13.8. The lowest BCUT2D eigenvalue weighted by Gasteiger charge is -2.41. The summed E-state index contributed by atoms with van der Waals surface area (Å²) in [4.78, 5) is 13.7. The Kier molecular flexibility index (Phi) is 5.27. The van der Waals surface area contributed by atoms with Gasteiger partial charge in [-0.25, -0.2) is 0 Å². The van der Waals surface area contributed by atoms with Gasteiger partial charge in [0.25, 0.3) is 0 Å². The van der Waals surface area contributed by atoms with E-state index in [1.807, 2.05) is 78.9 Å². The van der Waals surface area contributed by atoms with Gasteiger partial charge in [0.2, 0.25) is 5.91 Å². The molecular weight excluding hydrogens is 346 g/mol. The Balaban J connectivity index is 1.77. The zero-order valence-electron chi connectivity index (χ0n) is 15.8. The summed E-state index contributed by atoms with van der Waals surface area (Å²) in [5, 5.41) is 13.0. The molecule has 1 amide bonds. The van der Waals surface area contributed by atoms with Gasteiger partial charge in [0, 0.05) is 19.1 Å². The summed E-state index contributed by atoms with van der Waals surface area (Å²) in [6.45, 7) is 0.605. The van der Waals surface area contributed by atoms with E-state index in [1.54, 1.807) is 0 Å². The number of aliphatic hydroxyl groups excluding tert-OH is 1. The van der Waals surface area contributed by atoms with Gasteiger partial charge in [-0.2, -0.15) is 0 Å². The minimum Gasteiger partial charge on any atom is -0.396 e. The molecule has 3 heteroatoms. The molecule has 3 aromatic carbocycles. The van der Waals surface area contributed by atoms with E-state index in [-0.39, 0.29) is 18.4 Å². The fourth-order valence-electron chi connectivity index (χ4n) is 4.43. The standard InChI is InChI=1S/C25H25NO2/c27-18-20-15-16-25(21-11-5-2-6-12-21,23-14-8-7-13-22(20)23)24(28)26-17-19-9-3-1-4-10-19/h1-14,20,27H,15-18H2,(H,26,28). The van der Waals surface area contributed by atoms with E-state index in [1.165, 1.54) is 0 Å². The van der Waals surface area contributed by atoms with Gasteiger partial charge >= 0.3 is 0 Å². The van der Waals surface area contributed by atoms with E-state index in [9.17, 15) is 9.90 Å². The predicted molar refractivity (Wildman–Crippen MR) is 111 cm³/mol. The summed E-state index contributed by atoms with van der Waals surface area (Å²) in [6.07, 6.45) is 1.46. The molecule has 0 radical (unpaired) electrons. The summed E-state index contributed by atoms with van der Waals surface area (Å²) in [5.41, 5.74) is 3.44. The molecule has 0 saturated heterocycles. The molecule has 28 heavy (non-hydrogen) atoms. The topological polar surface area (TPSA) is 49.3 Å². The molecule has 2 unspecified atom stereocenters. The smallest absolute Gasteiger partial charge is 0.235 e. The van der Waals surface area contributed by atoms with E-state index in [0.29, 0.717) is 13.0 Å². The number of rotatable bonds is 5. The van der Waals surface area contributed by atoms with Crippen LogP contribution in [0.3, 0.4) is 0 Å².